The molecular formula is C12H15N3O. The summed E-state index contributed by atoms with van der Waals surface area (Å²) in [5.41, 5.74) is 2.18. The first-order chi connectivity index (χ1) is 7.86. The Balaban J connectivity index is 2.08. The molecule has 0 spiro atoms. The molecule has 0 radical (unpaired) electrons. The zero-order valence-electron chi connectivity index (χ0n) is 9.39. The van der Waals surface area contributed by atoms with Crippen molar-refractivity contribution < 1.29 is 4.74 Å². The zero-order chi connectivity index (χ0) is 11.0. The van der Waals surface area contributed by atoms with Gasteiger partial charge in [0.2, 0.25) is 0 Å². The molecule has 16 heavy (non-hydrogen) atoms. The summed E-state index contributed by atoms with van der Waals surface area (Å²) >= 11 is 0. The molecule has 0 aromatic carbocycles. The fourth-order valence-corrected chi connectivity index (χ4v) is 2.36. The van der Waals surface area contributed by atoms with E-state index in [1.54, 1.807) is 0 Å². The predicted molar refractivity (Wildman–Crippen MR) is 60.5 cm³/mol. The molecule has 1 aliphatic rings. The van der Waals surface area contributed by atoms with Crippen molar-refractivity contribution in [3.8, 4) is 0 Å². The van der Waals surface area contributed by atoms with Crippen LogP contribution in [-0.2, 0) is 4.74 Å². The highest BCUT2D eigenvalue weighted by Crippen LogP contribution is 2.27. The van der Waals surface area contributed by atoms with Crippen LogP contribution < -0.4 is 0 Å². The van der Waals surface area contributed by atoms with E-state index in [0.717, 1.165) is 37.3 Å². The Bertz CT molecular complexity index is 500. The van der Waals surface area contributed by atoms with Crippen LogP contribution in [0.15, 0.2) is 18.6 Å². The van der Waals surface area contributed by atoms with Gasteiger partial charge in [0, 0.05) is 31.5 Å². The Morgan fingerprint density at radius 1 is 1.38 bits per heavy atom. The molecule has 0 atom stereocenters. The first-order valence-corrected chi connectivity index (χ1v) is 5.72. The van der Waals surface area contributed by atoms with Gasteiger partial charge < -0.3 is 9.14 Å². The standard InChI is InChI=1S/C12H15N3O/c1-9-11-8-13-4-5-15(11)12(14-9)10-2-6-16-7-3-10/h4-5,8,10H,2-3,6-7H2,1H3. The molecule has 84 valence electrons. The summed E-state index contributed by atoms with van der Waals surface area (Å²) in [4.78, 5) is 8.83. The van der Waals surface area contributed by atoms with Crippen molar-refractivity contribution in [3.05, 3.63) is 30.1 Å². The summed E-state index contributed by atoms with van der Waals surface area (Å²) in [6.07, 6.45) is 7.84. The summed E-state index contributed by atoms with van der Waals surface area (Å²) in [6, 6.07) is 0. The molecule has 1 aliphatic heterocycles. The summed E-state index contributed by atoms with van der Waals surface area (Å²) in [5.74, 6) is 1.69. The molecule has 0 N–H and O–H groups in total. The molecular weight excluding hydrogens is 202 g/mol. The molecule has 3 rings (SSSR count). The third-order valence-electron chi connectivity index (χ3n) is 3.24. The largest absolute Gasteiger partial charge is 0.381 e. The number of hydrogen-bond acceptors (Lipinski definition) is 3. The number of imidazole rings is 1. The van der Waals surface area contributed by atoms with E-state index in [1.807, 2.05) is 25.5 Å². The van der Waals surface area contributed by atoms with Crippen LogP contribution in [0.4, 0.5) is 0 Å². The van der Waals surface area contributed by atoms with Gasteiger partial charge >= 0.3 is 0 Å². The van der Waals surface area contributed by atoms with Crippen molar-refractivity contribution >= 4 is 5.52 Å². The lowest BCUT2D eigenvalue weighted by Crippen LogP contribution is -2.16. The number of hydrogen-bond donors (Lipinski definition) is 0. The Hall–Kier alpha value is -1.42. The maximum Gasteiger partial charge on any atom is 0.116 e. The molecule has 0 bridgehead atoms. The Morgan fingerprint density at radius 2 is 2.19 bits per heavy atom. The minimum atomic E-state index is 0.525. The number of aryl methyl sites for hydroxylation is 1. The number of nitrogens with zero attached hydrogens (tertiary/aromatic N) is 3. The van der Waals surface area contributed by atoms with Gasteiger partial charge in [0.05, 0.1) is 17.4 Å². The van der Waals surface area contributed by atoms with Gasteiger partial charge in [-0.2, -0.15) is 0 Å². The van der Waals surface area contributed by atoms with Crippen LogP contribution in [-0.4, -0.2) is 27.6 Å². The summed E-state index contributed by atoms with van der Waals surface area (Å²) in [6.45, 7) is 3.74. The van der Waals surface area contributed by atoms with E-state index in [2.05, 4.69) is 14.4 Å². The van der Waals surface area contributed by atoms with Crippen molar-refractivity contribution in [2.75, 3.05) is 13.2 Å². The number of aromatic nitrogens is 3. The highest BCUT2D eigenvalue weighted by atomic mass is 16.5. The van der Waals surface area contributed by atoms with Gasteiger partial charge in [0.1, 0.15) is 5.82 Å². The lowest BCUT2D eigenvalue weighted by atomic mass is 10.00. The number of rotatable bonds is 1. The van der Waals surface area contributed by atoms with E-state index < -0.39 is 0 Å². The van der Waals surface area contributed by atoms with Crippen molar-refractivity contribution in [1.82, 2.24) is 14.4 Å². The Morgan fingerprint density at radius 3 is 3.00 bits per heavy atom. The maximum absolute atomic E-state index is 5.39. The van der Waals surface area contributed by atoms with Crippen molar-refractivity contribution in [2.24, 2.45) is 0 Å². The van der Waals surface area contributed by atoms with Gasteiger partial charge in [-0.1, -0.05) is 0 Å². The first-order valence-electron chi connectivity index (χ1n) is 5.72. The van der Waals surface area contributed by atoms with Crippen LogP contribution in [0.25, 0.3) is 5.52 Å². The van der Waals surface area contributed by atoms with Gasteiger partial charge in [0.25, 0.3) is 0 Å². The average Bonchev–Trinajstić information content (AvgIpc) is 2.69. The SMILES string of the molecule is Cc1nc(C2CCOCC2)n2ccncc12. The lowest BCUT2D eigenvalue weighted by Gasteiger charge is -2.20. The van der Waals surface area contributed by atoms with Gasteiger partial charge in [-0.15, -0.1) is 0 Å². The van der Waals surface area contributed by atoms with Crippen LogP contribution in [0.3, 0.4) is 0 Å². The van der Waals surface area contributed by atoms with Crippen LogP contribution in [0, 0.1) is 6.92 Å². The lowest BCUT2D eigenvalue weighted by molar-refractivity contribution is 0.0834. The molecule has 1 saturated heterocycles. The fourth-order valence-electron chi connectivity index (χ4n) is 2.36. The molecule has 0 unspecified atom stereocenters. The third kappa shape index (κ3) is 1.50. The summed E-state index contributed by atoms with van der Waals surface area (Å²) < 4.78 is 7.56. The molecule has 1 fully saturated rings. The van der Waals surface area contributed by atoms with Crippen LogP contribution in [0.1, 0.15) is 30.3 Å². The summed E-state index contributed by atoms with van der Waals surface area (Å²) in [5, 5.41) is 0. The predicted octanol–water partition coefficient (Wildman–Crippen LogP) is 1.93. The molecule has 4 nitrogen and oxygen atoms in total. The molecule has 3 heterocycles. The van der Waals surface area contributed by atoms with Crippen molar-refractivity contribution in [1.29, 1.82) is 0 Å². The number of ether oxygens (including phenoxy) is 1. The second-order valence-electron chi connectivity index (χ2n) is 4.27. The van der Waals surface area contributed by atoms with E-state index in [9.17, 15) is 0 Å². The maximum atomic E-state index is 5.39. The highest BCUT2D eigenvalue weighted by Gasteiger charge is 2.21. The Kier molecular flexibility index (Phi) is 2.36. The average molecular weight is 217 g/mol. The smallest absolute Gasteiger partial charge is 0.116 e. The molecule has 2 aromatic heterocycles. The Labute approximate surface area is 94.3 Å². The van der Waals surface area contributed by atoms with E-state index in [-0.39, 0.29) is 0 Å². The van der Waals surface area contributed by atoms with Gasteiger partial charge in [-0.3, -0.25) is 4.98 Å². The first kappa shape index (κ1) is 9.78. The molecule has 0 saturated carbocycles. The number of fused-ring (bicyclic) bond motifs is 1. The van der Waals surface area contributed by atoms with Gasteiger partial charge in [-0.25, -0.2) is 4.98 Å². The van der Waals surface area contributed by atoms with Crippen molar-refractivity contribution in [3.63, 3.8) is 0 Å². The quantitative estimate of drug-likeness (QED) is 0.732. The van der Waals surface area contributed by atoms with Crippen LogP contribution >= 0.6 is 0 Å². The molecule has 0 amide bonds. The fraction of sp³-hybridized carbons (Fsp3) is 0.500. The molecule has 2 aromatic rings. The second-order valence-corrected chi connectivity index (χ2v) is 4.27. The summed E-state index contributed by atoms with van der Waals surface area (Å²) in [7, 11) is 0. The van der Waals surface area contributed by atoms with E-state index in [4.69, 9.17) is 4.74 Å². The van der Waals surface area contributed by atoms with Gasteiger partial charge in [-0.05, 0) is 19.8 Å². The van der Waals surface area contributed by atoms with Gasteiger partial charge in [0.15, 0.2) is 0 Å². The molecule has 4 heteroatoms. The molecule has 0 aliphatic carbocycles. The monoisotopic (exact) mass is 217 g/mol. The van der Waals surface area contributed by atoms with Crippen molar-refractivity contribution in [2.45, 2.75) is 25.7 Å². The van der Waals surface area contributed by atoms with Crippen LogP contribution in [0.5, 0.6) is 0 Å². The topological polar surface area (TPSA) is 39.4 Å². The van der Waals surface area contributed by atoms with E-state index in [1.165, 1.54) is 5.82 Å². The minimum Gasteiger partial charge on any atom is -0.381 e. The third-order valence-corrected chi connectivity index (χ3v) is 3.24. The van der Waals surface area contributed by atoms with E-state index >= 15 is 0 Å². The van der Waals surface area contributed by atoms with E-state index in [0.29, 0.717) is 5.92 Å². The zero-order valence-corrected chi connectivity index (χ0v) is 9.39. The minimum absolute atomic E-state index is 0.525. The second kappa shape index (κ2) is 3.87. The van der Waals surface area contributed by atoms with Crippen LogP contribution in [0.2, 0.25) is 0 Å². The highest BCUT2D eigenvalue weighted by molar-refractivity contribution is 5.50. The normalized spacial score (nSPS) is 18.1.